The Hall–Kier alpha value is -2.09. The number of hydrogen-bond donors (Lipinski definition) is 2. The van der Waals surface area contributed by atoms with E-state index < -0.39 is 9.84 Å². The second-order valence-corrected chi connectivity index (χ2v) is 9.19. The number of amides is 2. The minimum absolute atomic E-state index is 0.0660. The molecular weight excluding hydrogens is 352 g/mol. The van der Waals surface area contributed by atoms with E-state index in [0.29, 0.717) is 25.9 Å². The van der Waals surface area contributed by atoms with Gasteiger partial charge in [-0.2, -0.15) is 0 Å². The van der Waals surface area contributed by atoms with E-state index in [1.54, 1.807) is 4.90 Å². The van der Waals surface area contributed by atoms with Gasteiger partial charge >= 0.3 is 6.03 Å². The highest BCUT2D eigenvalue weighted by Crippen LogP contribution is 2.18. The Morgan fingerprint density at radius 1 is 1.35 bits per heavy atom. The average molecular weight is 378 g/mol. The zero-order valence-corrected chi connectivity index (χ0v) is 16.3. The third-order valence-corrected chi connectivity index (χ3v) is 6.79. The maximum atomic E-state index is 12.4. The molecule has 1 fully saturated rings. The van der Waals surface area contributed by atoms with Gasteiger partial charge in [-0.1, -0.05) is 0 Å². The van der Waals surface area contributed by atoms with Crippen LogP contribution < -0.4 is 5.32 Å². The highest BCUT2D eigenvalue weighted by atomic mass is 32.2. The zero-order chi connectivity index (χ0) is 18.9. The summed E-state index contributed by atoms with van der Waals surface area (Å²) in [5.41, 5.74) is 4.35. The molecule has 1 atom stereocenters. The molecule has 7 nitrogen and oxygen atoms in total. The number of carbonyl (C=O) groups is 1. The molecule has 1 saturated heterocycles. The minimum atomic E-state index is -3.01. The first-order valence-corrected chi connectivity index (χ1v) is 10.8. The molecule has 26 heavy (non-hydrogen) atoms. The highest BCUT2D eigenvalue weighted by Gasteiger charge is 2.33. The number of nitrogens with one attached hydrogen (secondary N) is 2. The van der Waals surface area contributed by atoms with Gasteiger partial charge in [0.25, 0.3) is 0 Å². The van der Waals surface area contributed by atoms with E-state index in [4.69, 9.17) is 0 Å². The number of sulfone groups is 1. The van der Waals surface area contributed by atoms with Crippen molar-refractivity contribution in [2.45, 2.75) is 39.7 Å². The van der Waals surface area contributed by atoms with Crippen molar-refractivity contribution in [2.75, 3.05) is 24.6 Å². The first-order chi connectivity index (χ1) is 12.3. The summed E-state index contributed by atoms with van der Waals surface area (Å²) >= 11 is 0. The molecule has 0 spiro atoms. The predicted octanol–water partition coefficient (Wildman–Crippen LogP) is 1.94. The maximum Gasteiger partial charge on any atom is 0.317 e. The second-order valence-electron chi connectivity index (χ2n) is 6.96. The minimum Gasteiger partial charge on any atom is -0.342 e. The third-order valence-electron chi connectivity index (χ3n) is 5.04. The smallest absolute Gasteiger partial charge is 0.317 e. The lowest BCUT2D eigenvalue weighted by Crippen LogP contribution is -2.47. The summed E-state index contributed by atoms with van der Waals surface area (Å²) in [5, 5.41) is 2.89. The zero-order valence-electron chi connectivity index (χ0n) is 15.5. The number of aromatic nitrogens is 2. The second kappa shape index (κ2) is 7.26. The van der Waals surface area contributed by atoms with Crippen molar-refractivity contribution in [3.63, 3.8) is 0 Å². The van der Waals surface area contributed by atoms with Gasteiger partial charge < -0.3 is 15.2 Å². The van der Waals surface area contributed by atoms with Crippen LogP contribution in [0.1, 0.15) is 30.3 Å². The monoisotopic (exact) mass is 378 g/mol. The van der Waals surface area contributed by atoms with E-state index in [1.807, 2.05) is 6.92 Å². The van der Waals surface area contributed by atoms with Gasteiger partial charge in [-0.3, -0.25) is 0 Å². The average Bonchev–Trinajstić information content (AvgIpc) is 3.11. The molecule has 2 aromatic rings. The molecule has 8 heteroatoms. The van der Waals surface area contributed by atoms with Crippen molar-refractivity contribution in [1.29, 1.82) is 0 Å². The van der Waals surface area contributed by atoms with Gasteiger partial charge in [0, 0.05) is 25.6 Å². The maximum absolute atomic E-state index is 12.4. The summed E-state index contributed by atoms with van der Waals surface area (Å²) in [6, 6.07) is 3.71. The topological polar surface area (TPSA) is 95.2 Å². The number of urea groups is 1. The van der Waals surface area contributed by atoms with Crippen LogP contribution in [-0.4, -0.2) is 60.0 Å². The molecule has 1 aliphatic heterocycles. The molecule has 0 bridgehead atoms. The third kappa shape index (κ3) is 4.00. The number of H-pyrrole nitrogens is 1. The number of hydrogen-bond acceptors (Lipinski definition) is 4. The van der Waals surface area contributed by atoms with Crippen LogP contribution in [0.2, 0.25) is 0 Å². The van der Waals surface area contributed by atoms with Crippen LogP contribution in [0.3, 0.4) is 0 Å². The summed E-state index contributed by atoms with van der Waals surface area (Å²) in [4.78, 5) is 21.9. The van der Waals surface area contributed by atoms with Crippen molar-refractivity contribution in [3.05, 3.63) is 29.1 Å². The van der Waals surface area contributed by atoms with Crippen LogP contribution in [0, 0.1) is 13.8 Å². The van der Waals surface area contributed by atoms with Crippen LogP contribution in [0.15, 0.2) is 12.1 Å². The number of fused-ring (bicyclic) bond motifs is 1. The molecule has 0 radical (unpaired) electrons. The van der Waals surface area contributed by atoms with E-state index in [9.17, 15) is 13.2 Å². The van der Waals surface area contributed by atoms with Crippen LogP contribution >= 0.6 is 0 Å². The number of rotatable bonds is 5. The predicted molar refractivity (Wildman–Crippen MR) is 102 cm³/mol. The van der Waals surface area contributed by atoms with E-state index in [2.05, 4.69) is 41.3 Å². The van der Waals surface area contributed by atoms with E-state index in [1.165, 1.54) is 11.1 Å². The fourth-order valence-corrected chi connectivity index (χ4v) is 5.15. The summed E-state index contributed by atoms with van der Waals surface area (Å²) in [6.07, 6.45) is 1.12. The molecule has 1 aromatic heterocycles. The van der Waals surface area contributed by atoms with Crippen LogP contribution in [0.5, 0.6) is 0 Å². The normalized spacial score (nSPS) is 19.0. The van der Waals surface area contributed by atoms with Crippen molar-refractivity contribution in [1.82, 2.24) is 20.2 Å². The Morgan fingerprint density at radius 3 is 2.73 bits per heavy atom. The van der Waals surface area contributed by atoms with Gasteiger partial charge in [-0.05, 0) is 50.5 Å². The first kappa shape index (κ1) is 18.7. The van der Waals surface area contributed by atoms with Crippen LogP contribution in [-0.2, 0) is 16.3 Å². The molecule has 142 valence electrons. The van der Waals surface area contributed by atoms with Crippen molar-refractivity contribution < 1.29 is 13.2 Å². The number of benzene rings is 1. The number of imidazole rings is 1. The number of aromatic amines is 1. The molecule has 1 aliphatic rings. The Bertz CT molecular complexity index is 881. The van der Waals surface area contributed by atoms with Crippen LogP contribution in [0.4, 0.5) is 4.79 Å². The van der Waals surface area contributed by atoms with Gasteiger partial charge in [0.2, 0.25) is 0 Å². The lowest BCUT2D eigenvalue weighted by atomic mass is 10.1. The summed E-state index contributed by atoms with van der Waals surface area (Å²) in [6.45, 7) is 6.94. The van der Waals surface area contributed by atoms with E-state index >= 15 is 0 Å². The van der Waals surface area contributed by atoms with Gasteiger partial charge in [-0.15, -0.1) is 0 Å². The van der Waals surface area contributed by atoms with Crippen molar-refractivity contribution in [3.8, 4) is 0 Å². The quantitative estimate of drug-likeness (QED) is 0.831. The molecule has 2 heterocycles. The van der Waals surface area contributed by atoms with Crippen LogP contribution in [0.25, 0.3) is 11.0 Å². The fraction of sp³-hybridized carbons (Fsp3) is 0.556. The van der Waals surface area contributed by atoms with Crippen molar-refractivity contribution >= 4 is 26.9 Å². The number of aryl methyl sites for hydroxylation is 2. The number of nitrogens with zero attached hydrogens (tertiary/aromatic N) is 2. The highest BCUT2D eigenvalue weighted by molar-refractivity contribution is 7.91. The lowest BCUT2D eigenvalue weighted by Gasteiger charge is -2.26. The Morgan fingerprint density at radius 2 is 2.08 bits per heavy atom. The first-order valence-electron chi connectivity index (χ1n) is 9.00. The fourth-order valence-electron chi connectivity index (χ4n) is 3.42. The van der Waals surface area contributed by atoms with Gasteiger partial charge in [0.15, 0.2) is 9.84 Å². The van der Waals surface area contributed by atoms with Crippen molar-refractivity contribution in [2.24, 2.45) is 0 Å². The Kier molecular flexibility index (Phi) is 5.22. The molecule has 2 amide bonds. The Labute approximate surface area is 154 Å². The summed E-state index contributed by atoms with van der Waals surface area (Å²) in [5.74, 6) is 1.06. The van der Waals surface area contributed by atoms with E-state index in [0.717, 1.165) is 16.9 Å². The Balaban J connectivity index is 1.57. The molecule has 0 aliphatic carbocycles. The standard InChI is InChI=1S/C18H26N4O3S/c1-4-22(14-6-8-26(24,25)11-14)18(23)19-7-5-17-20-15-9-12(2)13(3)10-16(15)21-17/h9-10,14H,4-8,11H2,1-3H3,(H,19,23)(H,20,21)/t14-/m1/s1. The van der Waals surface area contributed by atoms with Gasteiger partial charge in [0.1, 0.15) is 5.82 Å². The molecular formula is C18H26N4O3S. The number of carbonyl (C=O) groups excluding carboxylic acids is 1. The molecule has 0 saturated carbocycles. The molecule has 3 rings (SSSR count). The van der Waals surface area contributed by atoms with E-state index in [-0.39, 0.29) is 23.6 Å². The summed E-state index contributed by atoms with van der Waals surface area (Å²) < 4.78 is 23.3. The largest absolute Gasteiger partial charge is 0.342 e. The van der Waals surface area contributed by atoms with Gasteiger partial charge in [-0.25, -0.2) is 18.2 Å². The lowest BCUT2D eigenvalue weighted by molar-refractivity contribution is 0.184. The molecule has 0 unspecified atom stereocenters. The molecule has 1 aromatic carbocycles. The molecule has 2 N–H and O–H groups in total. The summed E-state index contributed by atoms with van der Waals surface area (Å²) in [7, 11) is -3.01. The SMILES string of the molecule is CCN(C(=O)NCCc1nc2cc(C)c(C)cc2[nH]1)[C@@H]1CCS(=O)(=O)C1. The van der Waals surface area contributed by atoms with Gasteiger partial charge in [0.05, 0.1) is 22.5 Å².